The van der Waals surface area contributed by atoms with E-state index in [9.17, 15) is 0 Å². The van der Waals surface area contributed by atoms with Crippen LogP contribution >= 0.6 is 0 Å². The van der Waals surface area contributed by atoms with Crippen LogP contribution in [0.4, 0.5) is 0 Å². The summed E-state index contributed by atoms with van der Waals surface area (Å²) in [4.78, 5) is 0. The Morgan fingerprint density at radius 1 is 0.483 bits per heavy atom. The van der Waals surface area contributed by atoms with Gasteiger partial charge in [0.05, 0.1) is 7.59 Å². The summed E-state index contributed by atoms with van der Waals surface area (Å²) in [7, 11) is -4.08. The zero-order valence-corrected chi connectivity index (χ0v) is 29.4. The first-order valence-electron chi connectivity index (χ1n) is 11.2. The minimum absolute atomic E-state index is 0.444. The third-order valence-electron chi connectivity index (χ3n) is 7.12. The second-order valence-corrected chi connectivity index (χ2v) is 73.1. The Morgan fingerprint density at radius 2 is 0.655 bits per heavy atom. The zero-order valence-electron chi connectivity index (χ0n) is 23.4. The maximum absolute atomic E-state index is 7.50. The molecule has 0 spiro atoms. The van der Waals surface area contributed by atoms with Crippen LogP contribution in [0, 0.1) is 6.65 Å². The number of rotatable bonds is 5. The van der Waals surface area contributed by atoms with Crippen molar-refractivity contribution in [2.45, 2.75) is 136 Å². The first kappa shape index (κ1) is 32.2. The predicted molar refractivity (Wildman–Crippen MR) is 150 cm³/mol. The molecule has 0 amide bonds. The maximum atomic E-state index is 7.50. The van der Waals surface area contributed by atoms with E-state index in [0.29, 0.717) is 15.1 Å². The van der Waals surface area contributed by atoms with Crippen molar-refractivity contribution in [3.8, 4) is 0 Å². The second kappa shape index (κ2) is 9.12. The summed E-state index contributed by atoms with van der Waals surface area (Å²) in [5.74, 6) is 0. The van der Waals surface area contributed by atoms with Crippen LogP contribution in [-0.2, 0) is 4.65 Å². The van der Waals surface area contributed by atoms with Gasteiger partial charge in [0.2, 0.25) is 0 Å². The normalized spacial score (nSPS) is 15.6. The second-order valence-electron chi connectivity index (χ2n) is 15.1. The molecule has 0 saturated heterocycles. The summed E-state index contributed by atoms with van der Waals surface area (Å²) < 4.78 is 7.50. The monoisotopic (exact) mass is 502 g/mol. The van der Waals surface area contributed by atoms with E-state index in [4.69, 9.17) is 4.65 Å². The molecule has 2 radical (unpaired) electrons. The van der Waals surface area contributed by atoms with Crippen molar-refractivity contribution < 1.29 is 4.65 Å². The molecule has 0 atom stereocenters. The van der Waals surface area contributed by atoms with Gasteiger partial charge in [0, 0.05) is 37.5 Å². The van der Waals surface area contributed by atoms with Gasteiger partial charge in [-0.25, -0.2) is 0 Å². The van der Waals surface area contributed by atoms with Crippen molar-refractivity contribution in [2.24, 2.45) is 0 Å². The molecule has 0 bridgehead atoms. The fourth-order valence-electron chi connectivity index (χ4n) is 8.16. The molecule has 0 unspecified atom stereocenters. The van der Waals surface area contributed by atoms with Crippen molar-refractivity contribution in [3.05, 3.63) is 6.65 Å². The summed E-state index contributed by atoms with van der Waals surface area (Å²) in [6.07, 6.45) is -1.36. The fraction of sp³-hybridized carbons (Fsp3) is 0.955. The van der Waals surface area contributed by atoms with Crippen LogP contribution in [0.1, 0.15) is 62.3 Å². The van der Waals surface area contributed by atoms with Crippen LogP contribution in [-0.4, -0.2) is 45.1 Å². The molecule has 0 N–H and O–H groups in total. The van der Waals surface area contributed by atoms with E-state index in [0.717, 1.165) is 0 Å². The van der Waals surface area contributed by atoms with Crippen molar-refractivity contribution >= 4 is 45.1 Å². The van der Waals surface area contributed by atoms with E-state index in [-0.39, 0.29) is 0 Å². The molecule has 7 heteroatoms. The molecular weight excluding hydrogens is 449 g/mol. The van der Waals surface area contributed by atoms with Crippen LogP contribution in [0.5, 0.6) is 0 Å². The van der Waals surface area contributed by atoms with Gasteiger partial charge in [-0.15, -0.1) is 0 Å². The van der Waals surface area contributed by atoms with Crippen LogP contribution < -0.4 is 0 Å². The van der Waals surface area contributed by atoms with Crippen LogP contribution in [0.25, 0.3) is 0 Å². The molecule has 0 aromatic carbocycles. The van der Waals surface area contributed by atoms with E-state index in [1.165, 1.54) is 8.55 Å². The summed E-state index contributed by atoms with van der Waals surface area (Å²) in [6.45, 7) is 53.2. The number of hydrogen-bond acceptors (Lipinski definition) is 0. The van der Waals surface area contributed by atoms with Gasteiger partial charge in [-0.05, 0) is 15.1 Å². The molecule has 0 rings (SSSR count). The summed E-state index contributed by atoms with van der Waals surface area (Å²) in [6, 6.07) is 0. The van der Waals surface area contributed by atoms with E-state index in [1.54, 1.807) is 0 Å². The quantitative estimate of drug-likeness (QED) is 0.205. The van der Waals surface area contributed by atoms with Gasteiger partial charge < -0.3 is 0 Å². The molecular formula is C22H54OSi6. The van der Waals surface area contributed by atoms with Crippen LogP contribution in [0.15, 0.2) is 0 Å². The van der Waals surface area contributed by atoms with E-state index in [2.05, 4.69) is 128 Å². The molecule has 172 valence electrons. The Labute approximate surface area is 192 Å². The summed E-state index contributed by atoms with van der Waals surface area (Å²) >= 11 is 0. The van der Waals surface area contributed by atoms with Gasteiger partial charge in [-0.3, -0.25) is 0 Å². The topological polar surface area (TPSA) is 19.9 Å². The van der Waals surface area contributed by atoms with Crippen molar-refractivity contribution in [3.63, 3.8) is 0 Å². The van der Waals surface area contributed by atoms with Gasteiger partial charge in [0.25, 0.3) is 0 Å². The third kappa shape index (κ3) is 5.70. The SMILES string of the molecule is CC(C)(C)[Si]([Si][Si]([Si](C)(C)C)([Si](C)(C)C)[Si](C)(C)C)(C(C)(C)C)C(C)(C)C.[C-]#[O+]. The Morgan fingerprint density at radius 3 is 0.759 bits per heavy atom. The molecule has 0 heterocycles. The van der Waals surface area contributed by atoms with Gasteiger partial charge in [0.1, 0.15) is 0 Å². The van der Waals surface area contributed by atoms with E-state index in [1.807, 2.05) is 0 Å². The van der Waals surface area contributed by atoms with Crippen molar-refractivity contribution in [1.29, 1.82) is 0 Å². The van der Waals surface area contributed by atoms with Gasteiger partial charge >= 0.3 is 11.3 Å². The molecule has 1 nitrogen and oxygen atoms in total. The molecule has 0 fully saturated rings. The minimum atomic E-state index is -1.67. The van der Waals surface area contributed by atoms with E-state index < -0.39 is 36.5 Å². The third-order valence-corrected chi connectivity index (χ3v) is 128. The fourth-order valence-corrected chi connectivity index (χ4v) is 185. The van der Waals surface area contributed by atoms with Crippen LogP contribution in [0.3, 0.4) is 0 Å². The van der Waals surface area contributed by atoms with Gasteiger partial charge in [-0.2, -0.15) is 0 Å². The molecule has 0 aliphatic rings. The molecule has 29 heavy (non-hydrogen) atoms. The van der Waals surface area contributed by atoms with Crippen molar-refractivity contribution in [2.75, 3.05) is 0 Å². The summed E-state index contributed by atoms with van der Waals surface area (Å²) in [5.41, 5.74) is 0. The molecule has 0 saturated carbocycles. The predicted octanol–water partition coefficient (Wildman–Crippen LogP) is 8.19. The van der Waals surface area contributed by atoms with Gasteiger partial charge in [-0.1, -0.05) is 121 Å². The summed E-state index contributed by atoms with van der Waals surface area (Å²) in [5, 5.41) is 1.33. The average Bonchev–Trinajstić information content (AvgIpc) is 2.31. The average molecular weight is 503 g/mol. The first-order valence-corrected chi connectivity index (χ1v) is 31.7. The standard InChI is InChI=1S/C21H54Si6.CO/c1-19(2,3)26(20(4,5)6,21(7,8)9)22-27(23(10,11)12,24(13,14)15)25(16,17)18;1-2/h1-18H3;. The molecule has 0 aromatic rings. The first-order chi connectivity index (χ1) is 12.2. The Balaban J connectivity index is 0. The number of hydrogen-bond donors (Lipinski definition) is 0. The van der Waals surface area contributed by atoms with E-state index >= 15 is 0 Å². The Kier molecular flexibility index (Phi) is 10.1. The Hall–Kier alpha value is 1.04. The van der Waals surface area contributed by atoms with Crippen LogP contribution in [0.2, 0.25) is 74.0 Å². The molecule has 0 aromatic heterocycles. The molecule has 0 aliphatic heterocycles. The Bertz CT molecular complexity index is 434. The zero-order chi connectivity index (χ0) is 24.7. The van der Waals surface area contributed by atoms with Crippen molar-refractivity contribution in [1.82, 2.24) is 0 Å². The van der Waals surface area contributed by atoms with Gasteiger partial charge in [0.15, 0.2) is 0 Å². The molecule has 0 aliphatic carbocycles.